The van der Waals surface area contributed by atoms with Gasteiger partial charge in [0.05, 0.1) is 14.2 Å². The number of aliphatic hydroxyl groups is 1. The predicted octanol–water partition coefficient (Wildman–Crippen LogP) is 1.08. The number of carboxylic acids is 1. The molecule has 0 unspecified atom stereocenters. The van der Waals surface area contributed by atoms with Crippen molar-refractivity contribution in [1.29, 1.82) is 0 Å². The highest BCUT2D eigenvalue weighted by Gasteiger charge is 2.30. The van der Waals surface area contributed by atoms with Crippen molar-refractivity contribution in [3.8, 4) is 11.5 Å². The summed E-state index contributed by atoms with van der Waals surface area (Å²) >= 11 is 0. The van der Waals surface area contributed by atoms with Crippen LogP contribution in [0.1, 0.15) is 12.5 Å². The Morgan fingerprint density at radius 1 is 1.29 bits per heavy atom. The molecule has 2 N–H and O–H groups in total. The van der Waals surface area contributed by atoms with Crippen LogP contribution < -0.4 is 9.47 Å². The minimum atomic E-state index is -1.79. The maximum Gasteiger partial charge on any atom is 0.335 e. The molecule has 0 bridgehead atoms. The lowest BCUT2D eigenvalue weighted by molar-refractivity contribution is -0.156. The average Bonchev–Trinajstić information content (AvgIpc) is 2.28. The van der Waals surface area contributed by atoms with Crippen LogP contribution in [0.2, 0.25) is 0 Å². The smallest absolute Gasteiger partial charge is 0.335 e. The van der Waals surface area contributed by atoms with Crippen molar-refractivity contribution in [2.24, 2.45) is 0 Å². The Kier molecular flexibility index (Phi) is 3.96. The monoisotopic (exact) mass is 240 g/mol. The average molecular weight is 240 g/mol. The van der Waals surface area contributed by atoms with Crippen LogP contribution in [0.25, 0.3) is 0 Å². The molecule has 1 aromatic carbocycles. The molecule has 0 amide bonds. The van der Waals surface area contributed by atoms with Gasteiger partial charge in [0.15, 0.2) is 17.1 Å². The minimum absolute atomic E-state index is 0.00267. The molecule has 0 aromatic heterocycles. The predicted molar refractivity (Wildman–Crippen MR) is 61.5 cm³/mol. The van der Waals surface area contributed by atoms with Crippen molar-refractivity contribution in [2.45, 2.75) is 18.9 Å². The van der Waals surface area contributed by atoms with Crippen LogP contribution in [0.3, 0.4) is 0 Å². The fraction of sp³-hybridized carbons (Fsp3) is 0.417. The molecule has 0 radical (unpaired) electrons. The van der Waals surface area contributed by atoms with Crippen LogP contribution in [0, 0.1) is 0 Å². The van der Waals surface area contributed by atoms with Crippen molar-refractivity contribution < 1.29 is 24.5 Å². The van der Waals surface area contributed by atoms with E-state index in [2.05, 4.69) is 0 Å². The molecule has 17 heavy (non-hydrogen) atoms. The topological polar surface area (TPSA) is 76.0 Å². The molecule has 0 aliphatic carbocycles. The SMILES string of the molecule is COc1ccc(C[C@](C)(O)C(=O)O)cc1OC. The second-order valence-electron chi connectivity index (χ2n) is 3.95. The van der Waals surface area contributed by atoms with E-state index in [1.807, 2.05) is 0 Å². The standard InChI is InChI=1S/C12H16O5/c1-12(15,11(13)14)7-8-4-5-9(16-2)10(6-8)17-3/h4-6,15H,7H2,1-3H3,(H,13,14)/t12-/m0/s1. The summed E-state index contributed by atoms with van der Waals surface area (Å²) in [7, 11) is 3.02. The lowest BCUT2D eigenvalue weighted by atomic mass is 9.96. The largest absolute Gasteiger partial charge is 0.493 e. The fourth-order valence-electron chi connectivity index (χ4n) is 1.46. The van der Waals surface area contributed by atoms with Crippen LogP contribution in [0.15, 0.2) is 18.2 Å². The van der Waals surface area contributed by atoms with Gasteiger partial charge in [0, 0.05) is 6.42 Å². The molecule has 0 saturated carbocycles. The van der Waals surface area contributed by atoms with Gasteiger partial charge in [-0.05, 0) is 24.6 Å². The van der Waals surface area contributed by atoms with Gasteiger partial charge in [-0.1, -0.05) is 6.07 Å². The van der Waals surface area contributed by atoms with Gasteiger partial charge < -0.3 is 19.7 Å². The van der Waals surface area contributed by atoms with Crippen molar-refractivity contribution in [1.82, 2.24) is 0 Å². The molecule has 1 rings (SSSR count). The number of methoxy groups -OCH3 is 2. The summed E-state index contributed by atoms with van der Waals surface area (Å²) in [4.78, 5) is 10.8. The molecule has 5 nitrogen and oxygen atoms in total. The first-order chi connectivity index (χ1) is 7.90. The normalized spacial score (nSPS) is 13.9. The molecule has 5 heteroatoms. The number of carbonyl (C=O) groups is 1. The Morgan fingerprint density at radius 3 is 2.35 bits per heavy atom. The third-order valence-corrected chi connectivity index (χ3v) is 2.46. The number of rotatable bonds is 5. The Labute approximate surface area is 99.6 Å². The molecule has 0 spiro atoms. The van der Waals surface area contributed by atoms with E-state index in [1.165, 1.54) is 21.1 Å². The first-order valence-electron chi connectivity index (χ1n) is 5.07. The van der Waals surface area contributed by atoms with Gasteiger partial charge in [0.25, 0.3) is 0 Å². The van der Waals surface area contributed by atoms with Crippen LogP contribution in [0.4, 0.5) is 0 Å². The maximum absolute atomic E-state index is 10.8. The molecular weight excluding hydrogens is 224 g/mol. The van der Waals surface area contributed by atoms with E-state index in [4.69, 9.17) is 14.6 Å². The summed E-state index contributed by atoms with van der Waals surface area (Å²) < 4.78 is 10.2. The fourth-order valence-corrected chi connectivity index (χ4v) is 1.46. The molecule has 94 valence electrons. The third-order valence-electron chi connectivity index (χ3n) is 2.46. The summed E-state index contributed by atoms with van der Waals surface area (Å²) in [5.74, 6) is -0.190. The second-order valence-corrected chi connectivity index (χ2v) is 3.95. The highest BCUT2D eigenvalue weighted by molar-refractivity contribution is 5.77. The molecule has 0 fully saturated rings. The number of aliphatic carboxylic acids is 1. The minimum Gasteiger partial charge on any atom is -0.493 e. The molecule has 0 aliphatic heterocycles. The zero-order valence-electron chi connectivity index (χ0n) is 10.1. The van der Waals surface area contributed by atoms with E-state index in [0.717, 1.165) is 0 Å². The first kappa shape index (κ1) is 13.3. The van der Waals surface area contributed by atoms with E-state index in [-0.39, 0.29) is 6.42 Å². The Balaban J connectivity index is 2.97. The lowest BCUT2D eigenvalue weighted by Gasteiger charge is -2.18. The molecule has 1 atom stereocenters. The Bertz CT molecular complexity index is 411. The molecule has 0 aliphatic rings. The number of ether oxygens (including phenoxy) is 2. The van der Waals surface area contributed by atoms with Gasteiger partial charge >= 0.3 is 5.97 Å². The maximum atomic E-state index is 10.8. The number of benzene rings is 1. The number of hydrogen-bond acceptors (Lipinski definition) is 4. The van der Waals surface area contributed by atoms with Crippen molar-refractivity contribution in [3.63, 3.8) is 0 Å². The summed E-state index contributed by atoms with van der Waals surface area (Å²) in [6.07, 6.45) is 0.00267. The Morgan fingerprint density at radius 2 is 1.88 bits per heavy atom. The van der Waals surface area contributed by atoms with E-state index >= 15 is 0 Å². The third kappa shape index (κ3) is 3.10. The van der Waals surface area contributed by atoms with Gasteiger partial charge in [-0.15, -0.1) is 0 Å². The zero-order chi connectivity index (χ0) is 13.1. The van der Waals surface area contributed by atoms with Gasteiger partial charge in [-0.3, -0.25) is 0 Å². The highest BCUT2D eigenvalue weighted by atomic mass is 16.5. The van der Waals surface area contributed by atoms with Crippen molar-refractivity contribution in [2.75, 3.05) is 14.2 Å². The van der Waals surface area contributed by atoms with E-state index in [0.29, 0.717) is 17.1 Å². The van der Waals surface area contributed by atoms with Crippen LogP contribution in [-0.2, 0) is 11.2 Å². The number of hydrogen-bond donors (Lipinski definition) is 2. The molecular formula is C12H16O5. The quantitative estimate of drug-likeness (QED) is 0.805. The summed E-state index contributed by atoms with van der Waals surface area (Å²) in [6, 6.07) is 5.01. The summed E-state index contributed by atoms with van der Waals surface area (Å²) in [6.45, 7) is 1.26. The van der Waals surface area contributed by atoms with Crippen LogP contribution in [-0.4, -0.2) is 36.0 Å². The van der Waals surface area contributed by atoms with E-state index < -0.39 is 11.6 Å². The van der Waals surface area contributed by atoms with Crippen LogP contribution >= 0.6 is 0 Å². The molecule has 0 saturated heterocycles. The van der Waals surface area contributed by atoms with E-state index in [9.17, 15) is 9.90 Å². The van der Waals surface area contributed by atoms with Crippen molar-refractivity contribution >= 4 is 5.97 Å². The summed E-state index contributed by atoms with van der Waals surface area (Å²) in [5, 5.41) is 18.5. The van der Waals surface area contributed by atoms with E-state index in [1.54, 1.807) is 18.2 Å². The second kappa shape index (κ2) is 5.05. The van der Waals surface area contributed by atoms with Gasteiger partial charge in [-0.25, -0.2) is 4.79 Å². The molecule has 1 aromatic rings. The lowest BCUT2D eigenvalue weighted by Crippen LogP contribution is -2.37. The van der Waals surface area contributed by atoms with Crippen molar-refractivity contribution in [3.05, 3.63) is 23.8 Å². The van der Waals surface area contributed by atoms with Gasteiger partial charge in [0.1, 0.15) is 0 Å². The summed E-state index contributed by atoms with van der Waals surface area (Å²) in [5.41, 5.74) is -1.13. The highest BCUT2D eigenvalue weighted by Crippen LogP contribution is 2.29. The zero-order valence-corrected chi connectivity index (χ0v) is 10.1. The first-order valence-corrected chi connectivity index (χ1v) is 5.07. The van der Waals surface area contributed by atoms with Crippen LogP contribution in [0.5, 0.6) is 11.5 Å². The number of carboxylic acid groups (broad SMARTS) is 1. The van der Waals surface area contributed by atoms with Gasteiger partial charge in [0.2, 0.25) is 0 Å². The Hall–Kier alpha value is -1.75. The van der Waals surface area contributed by atoms with Gasteiger partial charge in [-0.2, -0.15) is 0 Å². The molecule has 0 heterocycles.